The zero-order valence-electron chi connectivity index (χ0n) is 18.6. The molecule has 0 radical (unpaired) electrons. The van der Waals surface area contributed by atoms with Gasteiger partial charge in [-0.1, -0.05) is 59.6 Å². The topological polar surface area (TPSA) is 71.4 Å². The average Bonchev–Trinajstić information content (AvgIpc) is 3.10. The first-order chi connectivity index (χ1) is 16.8. The van der Waals surface area contributed by atoms with Gasteiger partial charge in [0, 0.05) is 38.8 Å². The normalized spacial score (nSPS) is 15.2. The minimum absolute atomic E-state index is 0.136. The Balaban J connectivity index is 1.62. The molecule has 174 valence electrons. The molecule has 0 unspecified atom stereocenters. The zero-order chi connectivity index (χ0) is 24.7. The van der Waals surface area contributed by atoms with Crippen LogP contribution in [0.15, 0.2) is 78.4 Å². The first-order valence-electron chi connectivity index (χ1n) is 10.8. The number of rotatable bonds is 4. The van der Waals surface area contributed by atoms with Crippen LogP contribution in [0.2, 0.25) is 10.0 Å². The highest BCUT2D eigenvalue weighted by Crippen LogP contribution is 2.31. The van der Waals surface area contributed by atoms with Crippen LogP contribution in [0.5, 0.6) is 0 Å². The number of para-hydroxylation sites is 1. The Morgan fingerprint density at radius 1 is 0.886 bits per heavy atom. The van der Waals surface area contributed by atoms with Crippen LogP contribution in [-0.4, -0.2) is 22.4 Å². The number of imide groups is 2. The molecule has 0 aliphatic carbocycles. The van der Waals surface area contributed by atoms with E-state index in [9.17, 15) is 14.4 Å². The number of hydrogen-bond donors (Lipinski definition) is 1. The molecule has 0 bridgehead atoms. The van der Waals surface area contributed by atoms with E-state index in [1.165, 1.54) is 0 Å². The van der Waals surface area contributed by atoms with E-state index in [-0.39, 0.29) is 5.57 Å². The number of benzene rings is 3. The molecule has 0 saturated carbocycles. The van der Waals surface area contributed by atoms with Crippen LogP contribution in [0.3, 0.4) is 0 Å². The van der Waals surface area contributed by atoms with Gasteiger partial charge in [0.25, 0.3) is 11.8 Å². The Morgan fingerprint density at radius 3 is 2.31 bits per heavy atom. The summed E-state index contributed by atoms with van der Waals surface area (Å²) in [7, 11) is 0. The summed E-state index contributed by atoms with van der Waals surface area (Å²) in [5, 5.41) is 4.26. The number of halogens is 2. The maximum atomic E-state index is 13.3. The van der Waals surface area contributed by atoms with Crippen molar-refractivity contribution in [2.75, 3.05) is 4.90 Å². The monoisotopic (exact) mass is 503 g/mol. The van der Waals surface area contributed by atoms with Crippen molar-refractivity contribution in [2.24, 2.45) is 0 Å². The molecule has 35 heavy (non-hydrogen) atoms. The lowest BCUT2D eigenvalue weighted by atomic mass is 10.0. The lowest BCUT2D eigenvalue weighted by Crippen LogP contribution is -2.54. The number of fused-ring (bicyclic) bond motifs is 1. The minimum Gasteiger partial charge on any atom is -0.340 e. The van der Waals surface area contributed by atoms with E-state index in [0.717, 1.165) is 32.6 Å². The maximum absolute atomic E-state index is 13.3. The summed E-state index contributed by atoms with van der Waals surface area (Å²) in [4.78, 5) is 39.5. The predicted molar refractivity (Wildman–Crippen MR) is 138 cm³/mol. The van der Waals surface area contributed by atoms with E-state index in [1.807, 2.05) is 55.5 Å². The molecule has 3 aromatic carbocycles. The molecule has 0 atom stereocenters. The van der Waals surface area contributed by atoms with Crippen LogP contribution in [-0.2, 0) is 16.1 Å². The maximum Gasteiger partial charge on any atom is 0.335 e. The Bertz CT molecular complexity index is 1540. The number of urea groups is 1. The van der Waals surface area contributed by atoms with Crippen molar-refractivity contribution in [2.45, 2.75) is 13.5 Å². The summed E-state index contributed by atoms with van der Waals surface area (Å²) >= 11 is 12.4. The SMILES string of the molecule is Cc1c(/C=C2\C(=O)NC(=O)N(c3ccc(Cl)cc3)C2=O)c2ccccc2n1Cc1ccccc1Cl. The third-order valence-electron chi connectivity index (χ3n) is 6.04. The molecule has 0 spiro atoms. The highest BCUT2D eigenvalue weighted by molar-refractivity contribution is 6.39. The van der Waals surface area contributed by atoms with Crippen molar-refractivity contribution in [3.63, 3.8) is 0 Å². The highest BCUT2D eigenvalue weighted by Gasteiger charge is 2.37. The molecular weight excluding hydrogens is 485 g/mol. The van der Waals surface area contributed by atoms with Crippen LogP contribution in [0.25, 0.3) is 17.0 Å². The van der Waals surface area contributed by atoms with E-state index in [1.54, 1.807) is 30.3 Å². The van der Waals surface area contributed by atoms with Gasteiger partial charge in [-0.25, -0.2) is 9.69 Å². The fraction of sp³-hybridized carbons (Fsp3) is 0.0741. The molecule has 1 aromatic heterocycles. The van der Waals surface area contributed by atoms with Gasteiger partial charge in [-0.05, 0) is 55.0 Å². The molecular formula is C27H19Cl2N3O3. The molecule has 2 heterocycles. The summed E-state index contributed by atoms with van der Waals surface area (Å²) in [5.74, 6) is -1.45. The molecule has 6 nitrogen and oxygen atoms in total. The Labute approximate surface area is 211 Å². The van der Waals surface area contributed by atoms with Crippen molar-refractivity contribution >= 4 is 63.7 Å². The molecule has 5 rings (SSSR count). The van der Waals surface area contributed by atoms with E-state index >= 15 is 0 Å². The van der Waals surface area contributed by atoms with Crippen LogP contribution in [0.4, 0.5) is 10.5 Å². The predicted octanol–water partition coefficient (Wildman–Crippen LogP) is 5.97. The van der Waals surface area contributed by atoms with Crippen LogP contribution < -0.4 is 10.2 Å². The second kappa shape index (κ2) is 9.06. The quantitative estimate of drug-likeness (QED) is 0.275. The number of nitrogens with one attached hydrogen (secondary N) is 1. The fourth-order valence-electron chi connectivity index (χ4n) is 4.27. The number of amides is 4. The molecule has 4 aromatic rings. The summed E-state index contributed by atoms with van der Waals surface area (Å²) in [6.45, 7) is 2.45. The van der Waals surface area contributed by atoms with Gasteiger partial charge in [-0.15, -0.1) is 0 Å². The molecule has 8 heteroatoms. The number of barbiturate groups is 1. The minimum atomic E-state index is -0.808. The van der Waals surface area contributed by atoms with Crippen molar-refractivity contribution < 1.29 is 14.4 Å². The summed E-state index contributed by atoms with van der Waals surface area (Å²) in [6, 6.07) is 20.8. The van der Waals surface area contributed by atoms with Crippen LogP contribution >= 0.6 is 23.2 Å². The zero-order valence-corrected chi connectivity index (χ0v) is 20.1. The third-order valence-corrected chi connectivity index (χ3v) is 6.66. The number of carbonyl (C=O) groups is 3. The van der Waals surface area contributed by atoms with E-state index in [0.29, 0.717) is 22.3 Å². The second-order valence-electron chi connectivity index (χ2n) is 8.13. The van der Waals surface area contributed by atoms with Gasteiger partial charge in [0.2, 0.25) is 0 Å². The van der Waals surface area contributed by atoms with E-state index in [2.05, 4.69) is 9.88 Å². The molecule has 1 saturated heterocycles. The average molecular weight is 504 g/mol. The molecule has 1 aliphatic heterocycles. The van der Waals surface area contributed by atoms with Crippen molar-refractivity contribution in [3.8, 4) is 0 Å². The number of hydrogen-bond acceptors (Lipinski definition) is 3. The van der Waals surface area contributed by atoms with Crippen LogP contribution in [0, 0.1) is 6.92 Å². The largest absolute Gasteiger partial charge is 0.340 e. The fourth-order valence-corrected chi connectivity index (χ4v) is 4.59. The lowest BCUT2D eigenvalue weighted by molar-refractivity contribution is -0.122. The smallest absolute Gasteiger partial charge is 0.335 e. The summed E-state index contributed by atoms with van der Waals surface area (Å²) < 4.78 is 2.09. The van der Waals surface area contributed by atoms with Crippen molar-refractivity contribution in [3.05, 3.63) is 105 Å². The van der Waals surface area contributed by atoms with E-state index < -0.39 is 17.8 Å². The highest BCUT2D eigenvalue weighted by atomic mass is 35.5. The second-order valence-corrected chi connectivity index (χ2v) is 8.97. The lowest BCUT2D eigenvalue weighted by Gasteiger charge is -2.26. The van der Waals surface area contributed by atoms with Gasteiger partial charge in [0.15, 0.2) is 0 Å². The van der Waals surface area contributed by atoms with Crippen molar-refractivity contribution in [1.82, 2.24) is 9.88 Å². The standard InChI is InChI=1S/C27H19Cl2N3O3/c1-16-21(20-7-3-5-9-24(20)31(16)15-17-6-2-4-8-23(17)29)14-22-25(33)30-27(35)32(26(22)34)19-12-10-18(28)11-13-19/h2-14H,15H2,1H3,(H,30,33,35)/b22-14+. The first-order valence-corrected chi connectivity index (χ1v) is 11.6. The van der Waals surface area contributed by atoms with Crippen molar-refractivity contribution in [1.29, 1.82) is 0 Å². The van der Waals surface area contributed by atoms with Crippen LogP contribution in [0.1, 0.15) is 16.8 Å². The molecule has 1 N–H and O–H groups in total. The number of aromatic nitrogens is 1. The van der Waals surface area contributed by atoms with Gasteiger partial charge in [0.1, 0.15) is 5.57 Å². The van der Waals surface area contributed by atoms with Gasteiger partial charge >= 0.3 is 6.03 Å². The number of nitrogens with zero attached hydrogens (tertiary/aromatic N) is 2. The van der Waals surface area contributed by atoms with Gasteiger partial charge in [-0.2, -0.15) is 0 Å². The Kier molecular flexibility index (Phi) is 5.93. The third kappa shape index (κ3) is 4.11. The Morgan fingerprint density at radius 2 is 1.57 bits per heavy atom. The first kappa shape index (κ1) is 22.9. The number of anilines is 1. The summed E-state index contributed by atoms with van der Waals surface area (Å²) in [5.41, 5.74) is 3.64. The molecule has 4 amide bonds. The van der Waals surface area contributed by atoms with E-state index in [4.69, 9.17) is 23.2 Å². The summed E-state index contributed by atoms with van der Waals surface area (Å²) in [6.07, 6.45) is 1.55. The number of carbonyl (C=O) groups excluding carboxylic acids is 3. The Hall–Kier alpha value is -3.87. The molecule has 1 fully saturated rings. The van der Waals surface area contributed by atoms with Gasteiger partial charge in [-0.3, -0.25) is 14.9 Å². The van der Waals surface area contributed by atoms with Gasteiger partial charge in [0.05, 0.1) is 5.69 Å². The molecule has 1 aliphatic rings. The van der Waals surface area contributed by atoms with Gasteiger partial charge < -0.3 is 4.57 Å².